The molecule has 0 aliphatic carbocycles. The molecule has 0 atom stereocenters. The van der Waals surface area contributed by atoms with Crippen LogP contribution in [0.2, 0.25) is 0 Å². The van der Waals surface area contributed by atoms with Gasteiger partial charge in [-0.05, 0) is 30.7 Å². The van der Waals surface area contributed by atoms with Gasteiger partial charge in [0, 0.05) is 4.47 Å². The van der Waals surface area contributed by atoms with Crippen molar-refractivity contribution in [1.82, 2.24) is 0 Å². The molecular weight excluding hydrogens is 313 g/mol. The van der Waals surface area contributed by atoms with Gasteiger partial charge in [0.05, 0.1) is 0 Å². The van der Waals surface area contributed by atoms with E-state index < -0.39 is 15.6 Å². The highest BCUT2D eigenvalue weighted by molar-refractivity contribution is 9.10. The predicted octanol–water partition coefficient (Wildman–Crippen LogP) is 2.99. The second kappa shape index (κ2) is 4.25. The van der Waals surface area contributed by atoms with Gasteiger partial charge in [0.15, 0.2) is 0 Å². The number of alkyl halides is 3. The molecular formula is C8H6BrF3O3S. The molecule has 0 unspecified atom stereocenters. The van der Waals surface area contributed by atoms with E-state index in [0.29, 0.717) is 10.0 Å². The Kier molecular flexibility index (Phi) is 3.53. The van der Waals surface area contributed by atoms with Crippen LogP contribution in [0.3, 0.4) is 0 Å². The van der Waals surface area contributed by atoms with Gasteiger partial charge in [0.1, 0.15) is 5.75 Å². The molecule has 3 nitrogen and oxygen atoms in total. The average molecular weight is 319 g/mol. The zero-order chi connectivity index (χ0) is 12.6. The standard InChI is InChI=1S/C8H6BrF3O3S/c1-5-4-6(2-3-7(5)9)15-16(13,14)8(10,11)12/h2-4H,1H3. The normalized spacial score (nSPS) is 12.6. The summed E-state index contributed by atoms with van der Waals surface area (Å²) >= 11 is 3.12. The van der Waals surface area contributed by atoms with Gasteiger partial charge in [-0.2, -0.15) is 21.6 Å². The summed E-state index contributed by atoms with van der Waals surface area (Å²) in [6.07, 6.45) is 0. The number of aryl methyl sites for hydroxylation is 1. The maximum atomic E-state index is 12.0. The van der Waals surface area contributed by atoms with Gasteiger partial charge in [0.2, 0.25) is 0 Å². The Labute approximate surface area is 98.5 Å². The highest BCUT2D eigenvalue weighted by atomic mass is 79.9. The van der Waals surface area contributed by atoms with Gasteiger partial charge in [-0.15, -0.1) is 0 Å². The molecule has 0 bridgehead atoms. The Morgan fingerprint density at radius 3 is 2.31 bits per heavy atom. The summed E-state index contributed by atoms with van der Waals surface area (Å²) in [5, 5.41) is 0. The van der Waals surface area contributed by atoms with Crippen molar-refractivity contribution in [2.75, 3.05) is 0 Å². The van der Waals surface area contributed by atoms with Crippen molar-refractivity contribution in [2.24, 2.45) is 0 Å². The molecule has 0 spiro atoms. The van der Waals surface area contributed by atoms with E-state index in [1.165, 1.54) is 12.1 Å². The van der Waals surface area contributed by atoms with Crippen LogP contribution in [0.15, 0.2) is 22.7 Å². The molecule has 0 aromatic heterocycles. The fraction of sp³-hybridized carbons (Fsp3) is 0.250. The molecule has 16 heavy (non-hydrogen) atoms. The smallest absolute Gasteiger partial charge is 0.376 e. The van der Waals surface area contributed by atoms with Crippen LogP contribution in [0.4, 0.5) is 13.2 Å². The first kappa shape index (κ1) is 13.3. The van der Waals surface area contributed by atoms with Crippen molar-refractivity contribution in [1.29, 1.82) is 0 Å². The molecule has 0 saturated carbocycles. The third-order valence-electron chi connectivity index (χ3n) is 1.62. The fourth-order valence-electron chi connectivity index (χ4n) is 0.843. The number of benzene rings is 1. The van der Waals surface area contributed by atoms with Gasteiger partial charge in [-0.1, -0.05) is 15.9 Å². The van der Waals surface area contributed by atoms with Crippen LogP contribution in [0.1, 0.15) is 5.56 Å². The zero-order valence-corrected chi connectivity index (χ0v) is 10.3. The van der Waals surface area contributed by atoms with Crippen molar-refractivity contribution >= 4 is 26.0 Å². The number of rotatable bonds is 2. The third-order valence-corrected chi connectivity index (χ3v) is 3.49. The van der Waals surface area contributed by atoms with E-state index >= 15 is 0 Å². The van der Waals surface area contributed by atoms with Gasteiger partial charge in [-0.3, -0.25) is 0 Å². The first-order valence-electron chi connectivity index (χ1n) is 3.90. The highest BCUT2D eigenvalue weighted by Crippen LogP contribution is 2.28. The highest BCUT2D eigenvalue weighted by Gasteiger charge is 2.48. The summed E-state index contributed by atoms with van der Waals surface area (Å²) in [4.78, 5) is 0. The Morgan fingerprint density at radius 1 is 1.31 bits per heavy atom. The molecule has 0 N–H and O–H groups in total. The Balaban J connectivity index is 3.03. The Bertz CT molecular complexity index is 496. The van der Waals surface area contributed by atoms with Gasteiger partial charge in [0.25, 0.3) is 0 Å². The lowest BCUT2D eigenvalue weighted by atomic mass is 10.2. The van der Waals surface area contributed by atoms with Gasteiger partial charge >= 0.3 is 15.6 Å². The third kappa shape index (κ3) is 2.88. The Morgan fingerprint density at radius 2 is 1.88 bits per heavy atom. The van der Waals surface area contributed by atoms with Crippen molar-refractivity contribution in [3.63, 3.8) is 0 Å². The van der Waals surface area contributed by atoms with E-state index in [9.17, 15) is 21.6 Å². The summed E-state index contributed by atoms with van der Waals surface area (Å²) < 4.78 is 61.8. The Hall–Kier alpha value is -0.760. The lowest BCUT2D eigenvalue weighted by Crippen LogP contribution is -2.28. The van der Waals surface area contributed by atoms with Crippen LogP contribution >= 0.6 is 15.9 Å². The zero-order valence-electron chi connectivity index (χ0n) is 7.88. The van der Waals surface area contributed by atoms with E-state index in [0.717, 1.165) is 6.07 Å². The number of hydrogen-bond donors (Lipinski definition) is 0. The average Bonchev–Trinajstić information content (AvgIpc) is 2.09. The first-order chi connectivity index (χ1) is 7.13. The van der Waals surface area contributed by atoms with Crippen LogP contribution in [0, 0.1) is 6.92 Å². The van der Waals surface area contributed by atoms with Gasteiger partial charge < -0.3 is 4.18 Å². The van der Waals surface area contributed by atoms with E-state index in [-0.39, 0.29) is 5.75 Å². The number of halogens is 4. The van der Waals surface area contributed by atoms with Crippen LogP contribution in [-0.2, 0) is 10.1 Å². The molecule has 0 aliphatic rings. The minimum Gasteiger partial charge on any atom is -0.376 e. The van der Waals surface area contributed by atoms with Crippen LogP contribution in [0.5, 0.6) is 5.75 Å². The summed E-state index contributed by atoms with van der Waals surface area (Å²) in [6, 6.07) is 3.71. The maximum Gasteiger partial charge on any atom is 0.534 e. The fourth-order valence-corrected chi connectivity index (χ4v) is 1.54. The van der Waals surface area contributed by atoms with Crippen molar-refractivity contribution in [2.45, 2.75) is 12.4 Å². The summed E-state index contributed by atoms with van der Waals surface area (Å²) in [7, 11) is -5.60. The van der Waals surface area contributed by atoms with Crippen molar-refractivity contribution in [3.8, 4) is 5.75 Å². The van der Waals surface area contributed by atoms with Crippen molar-refractivity contribution in [3.05, 3.63) is 28.2 Å². The summed E-state index contributed by atoms with van der Waals surface area (Å²) in [5.74, 6) is -0.377. The lowest BCUT2D eigenvalue weighted by Gasteiger charge is -2.10. The summed E-state index contributed by atoms with van der Waals surface area (Å²) in [5.41, 5.74) is -4.86. The molecule has 0 fully saturated rings. The molecule has 1 aromatic carbocycles. The molecule has 8 heteroatoms. The molecule has 90 valence electrons. The monoisotopic (exact) mass is 318 g/mol. The van der Waals surface area contributed by atoms with E-state index in [2.05, 4.69) is 20.1 Å². The molecule has 1 aromatic rings. The van der Waals surface area contributed by atoms with Crippen molar-refractivity contribution < 1.29 is 25.8 Å². The maximum absolute atomic E-state index is 12.0. The van der Waals surface area contributed by atoms with Crippen LogP contribution in [-0.4, -0.2) is 13.9 Å². The van der Waals surface area contributed by atoms with E-state index in [4.69, 9.17) is 0 Å². The summed E-state index contributed by atoms with van der Waals surface area (Å²) in [6.45, 7) is 1.59. The molecule has 0 aliphatic heterocycles. The molecule has 0 saturated heterocycles. The SMILES string of the molecule is Cc1cc(OS(=O)(=O)C(F)(F)F)ccc1Br. The minimum absolute atomic E-state index is 0.377. The molecule has 1 rings (SSSR count). The van der Waals surface area contributed by atoms with Crippen LogP contribution < -0.4 is 4.18 Å². The van der Waals surface area contributed by atoms with Gasteiger partial charge in [-0.25, -0.2) is 0 Å². The second-order valence-electron chi connectivity index (χ2n) is 2.89. The number of hydrogen-bond acceptors (Lipinski definition) is 3. The molecule has 0 heterocycles. The van der Waals surface area contributed by atoms with E-state index in [1.54, 1.807) is 6.92 Å². The molecule has 0 radical (unpaired) electrons. The lowest BCUT2D eigenvalue weighted by molar-refractivity contribution is -0.0500. The topological polar surface area (TPSA) is 43.4 Å². The van der Waals surface area contributed by atoms with E-state index in [1.807, 2.05) is 0 Å². The molecule has 0 amide bonds. The second-order valence-corrected chi connectivity index (χ2v) is 5.29. The quantitative estimate of drug-likeness (QED) is 0.622. The largest absolute Gasteiger partial charge is 0.534 e. The predicted molar refractivity (Wildman–Crippen MR) is 54.5 cm³/mol. The minimum atomic E-state index is -5.60. The van der Waals surface area contributed by atoms with Crippen LogP contribution in [0.25, 0.3) is 0 Å². The first-order valence-corrected chi connectivity index (χ1v) is 6.10.